The van der Waals surface area contributed by atoms with Gasteiger partial charge in [-0.05, 0) is 45.1 Å². The average molecular weight is 557 g/mol. The maximum Gasteiger partial charge on any atom is 0.191 e. The first-order valence-electron chi connectivity index (χ1n) is 10.8. The molecule has 2 aromatic rings. The number of benzene rings is 1. The van der Waals surface area contributed by atoms with Crippen LogP contribution in [0.25, 0.3) is 0 Å². The van der Waals surface area contributed by atoms with Crippen LogP contribution in [0.1, 0.15) is 36.6 Å². The van der Waals surface area contributed by atoms with E-state index < -0.39 is 0 Å². The van der Waals surface area contributed by atoms with Gasteiger partial charge < -0.3 is 25.0 Å². The van der Waals surface area contributed by atoms with Gasteiger partial charge in [0.25, 0.3) is 0 Å². The van der Waals surface area contributed by atoms with Crippen LogP contribution in [0.15, 0.2) is 29.3 Å². The molecule has 178 valence electrons. The van der Waals surface area contributed by atoms with Crippen molar-refractivity contribution in [2.75, 3.05) is 41.4 Å². The Hall–Kier alpha value is -1.92. The van der Waals surface area contributed by atoms with E-state index in [-0.39, 0.29) is 36.1 Å². The summed E-state index contributed by atoms with van der Waals surface area (Å²) >= 11 is 0. The normalized spacial score (nSPS) is 16.8. The van der Waals surface area contributed by atoms with Crippen molar-refractivity contribution in [2.24, 2.45) is 4.99 Å². The topological polar surface area (TPSA) is 88.8 Å². The van der Waals surface area contributed by atoms with E-state index in [0.717, 1.165) is 49.3 Å². The van der Waals surface area contributed by atoms with E-state index in [2.05, 4.69) is 58.8 Å². The van der Waals surface area contributed by atoms with Crippen molar-refractivity contribution in [3.8, 4) is 5.75 Å². The first-order valence-corrected chi connectivity index (χ1v) is 10.8. The highest BCUT2D eigenvalue weighted by Crippen LogP contribution is 2.23. The maximum atomic E-state index is 5.39. The fourth-order valence-electron chi connectivity index (χ4n) is 3.78. The molecule has 0 saturated heterocycles. The van der Waals surface area contributed by atoms with Crippen molar-refractivity contribution < 1.29 is 9.47 Å². The van der Waals surface area contributed by atoms with Crippen molar-refractivity contribution in [2.45, 2.75) is 45.0 Å². The number of aryl methyl sites for hydroxylation is 1. The number of nitrogens with one attached hydrogen (secondary N) is 2. The van der Waals surface area contributed by atoms with Gasteiger partial charge >= 0.3 is 0 Å². The zero-order valence-electron chi connectivity index (χ0n) is 19.7. The molecule has 1 aliphatic heterocycles. The summed E-state index contributed by atoms with van der Waals surface area (Å²) in [6, 6.07) is 8.57. The molecule has 0 bridgehead atoms. The van der Waals surface area contributed by atoms with E-state index in [1.165, 1.54) is 5.56 Å². The van der Waals surface area contributed by atoms with E-state index >= 15 is 0 Å². The number of likely N-dealkylation sites (N-methyl/N-ethyl adjacent to an activating group) is 1. The number of ether oxygens (including phenoxy) is 2. The molecule has 0 spiro atoms. The SMILES string of the molecule is CCNC(=NCC(c1cccc(OC)c1)N(C)C)NC1CCc2nc(COC)nn2C1.I. The highest BCUT2D eigenvalue weighted by Gasteiger charge is 2.23. The van der Waals surface area contributed by atoms with Crippen LogP contribution in [0.4, 0.5) is 0 Å². The van der Waals surface area contributed by atoms with Crippen LogP contribution in [0.3, 0.4) is 0 Å². The second-order valence-electron chi connectivity index (χ2n) is 7.91. The third-order valence-electron chi connectivity index (χ3n) is 5.38. The standard InChI is InChI=1S/C22H35N7O2.HI/c1-6-23-22(24-13-19(28(2)3)16-8-7-9-18(12-16)31-5)25-17-10-11-21-26-20(15-30-4)27-29(21)14-17;/h7-9,12,17,19H,6,10-11,13-15H2,1-5H3,(H2,23,24,25);1H. The summed E-state index contributed by atoms with van der Waals surface area (Å²) in [4.78, 5) is 11.6. The third-order valence-corrected chi connectivity index (χ3v) is 5.38. The fraction of sp³-hybridized carbons (Fsp3) is 0.591. The van der Waals surface area contributed by atoms with Gasteiger partial charge in [-0.3, -0.25) is 4.99 Å². The van der Waals surface area contributed by atoms with Gasteiger partial charge in [-0.15, -0.1) is 24.0 Å². The lowest BCUT2D eigenvalue weighted by Crippen LogP contribution is -2.47. The van der Waals surface area contributed by atoms with E-state index in [0.29, 0.717) is 13.2 Å². The molecule has 1 aromatic heterocycles. The van der Waals surface area contributed by atoms with Crippen LogP contribution in [0.2, 0.25) is 0 Å². The predicted octanol–water partition coefficient (Wildman–Crippen LogP) is 2.22. The molecule has 10 heteroatoms. The molecule has 0 fully saturated rings. The predicted molar refractivity (Wildman–Crippen MR) is 137 cm³/mol. The molecule has 0 amide bonds. The minimum Gasteiger partial charge on any atom is -0.497 e. The molecular formula is C22H36IN7O2. The lowest BCUT2D eigenvalue weighted by Gasteiger charge is -2.27. The van der Waals surface area contributed by atoms with E-state index in [9.17, 15) is 0 Å². The lowest BCUT2D eigenvalue weighted by atomic mass is 10.1. The highest BCUT2D eigenvalue weighted by molar-refractivity contribution is 14.0. The average Bonchev–Trinajstić information content (AvgIpc) is 3.16. The molecule has 0 saturated carbocycles. The number of aliphatic imine (C=N–C) groups is 1. The number of methoxy groups -OCH3 is 2. The second kappa shape index (κ2) is 12.9. The number of fused-ring (bicyclic) bond motifs is 1. The van der Waals surface area contributed by atoms with Crippen molar-refractivity contribution in [1.82, 2.24) is 30.3 Å². The van der Waals surface area contributed by atoms with Gasteiger partial charge in [0.1, 0.15) is 18.2 Å². The van der Waals surface area contributed by atoms with Crippen LogP contribution in [-0.4, -0.2) is 73.1 Å². The van der Waals surface area contributed by atoms with Gasteiger partial charge in [0, 0.05) is 26.1 Å². The smallest absolute Gasteiger partial charge is 0.191 e. The van der Waals surface area contributed by atoms with E-state index in [4.69, 9.17) is 14.5 Å². The summed E-state index contributed by atoms with van der Waals surface area (Å²) in [5.74, 6) is 3.45. The fourth-order valence-corrected chi connectivity index (χ4v) is 3.78. The number of nitrogens with zero attached hydrogens (tertiary/aromatic N) is 5. The van der Waals surface area contributed by atoms with E-state index in [1.807, 2.05) is 16.8 Å². The zero-order valence-corrected chi connectivity index (χ0v) is 22.0. The van der Waals surface area contributed by atoms with Gasteiger partial charge in [0.2, 0.25) is 0 Å². The summed E-state index contributed by atoms with van der Waals surface area (Å²) in [5, 5.41) is 11.5. The second-order valence-corrected chi connectivity index (χ2v) is 7.91. The van der Waals surface area contributed by atoms with Gasteiger partial charge in [0.05, 0.1) is 26.2 Å². The minimum absolute atomic E-state index is 0. The van der Waals surface area contributed by atoms with Gasteiger partial charge in [-0.1, -0.05) is 12.1 Å². The molecule has 2 N–H and O–H groups in total. The molecule has 3 rings (SSSR count). The first kappa shape index (κ1) is 26.3. The Labute approximate surface area is 208 Å². The van der Waals surface area contributed by atoms with Crippen LogP contribution >= 0.6 is 24.0 Å². The summed E-state index contributed by atoms with van der Waals surface area (Å²) < 4.78 is 12.5. The van der Waals surface area contributed by atoms with E-state index in [1.54, 1.807) is 14.2 Å². The van der Waals surface area contributed by atoms with Gasteiger partial charge in [-0.2, -0.15) is 5.10 Å². The number of hydrogen-bond donors (Lipinski definition) is 2. The van der Waals surface area contributed by atoms with Crippen LogP contribution in [0.5, 0.6) is 5.75 Å². The Morgan fingerprint density at radius 1 is 1.34 bits per heavy atom. The van der Waals surface area contributed by atoms with Crippen molar-refractivity contribution in [1.29, 1.82) is 0 Å². The van der Waals surface area contributed by atoms with Crippen LogP contribution in [-0.2, 0) is 24.3 Å². The highest BCUT2D eigenvalue weighted by atomic mass is 127. The molecule has 1 aliphatic rings. The Morgan fingerprint density at radius 2 is 2.16 bits per heavy atom. The summed E-state index contributed by atoms with van der Waals surface area (Å²) in [6.45, 7) is 4.73. The first-order chi connectivity index (χ1) is 15.0. The molecule has 1 aromatic carbocycles. The molecule has 2 atom stereocenters. The Kier molecular flexibility index (Phi) is 10.7. The number of aromatic nitrogens is 3. The Morgan fingerprint density at radius 3 is 2.84 bits per heavy atom. The third kappa shape index (κ3) is 7.04. The number of guanidine groups is 1. The van der Waals surface area contributed by atoms with Crippen LogP contribution in [0, 0.1) is 0 Å². The molecule has 2 heterocycles. The van der Waals surface area contributed by atoms with Crippen molar-refractivity contribution in [3.63, 3.8) is 0 Å². The molecule has 32 heavy (non-hydrogen) atoms. The molecule has 9 nitrogen and oxygen atoms in total. The van der Waals surface area contributed by atoms with Crippen molar-refractivity contribution >= 4 is 29.9 Å². The monoisotopic (exact) mass is 557 g/mol. The number of hydrogen-bond acceptors (Lipinski definition) is 6. The molecule has 0 aliphatic carbocycles. The molecular weight excluding hydrogens is 521 g/mol. The van der Waals surface area contributed by atoms with Crippen LogP contribution < -0.4 is 15.4 Å². The number of rotatable bonds is 9. The largest absolute Gasteiger partial charge is 0.497 e. The number of halogens is 1. The minimum atomic E-state index is 0. The molecule has 2 unspecified atom stereocenters. The summed E-state index contributed by atoms with van der Waals surface area (Å²) in [5.41, 5.74) is 1.18. The Balaban J connectivity index is 0.00000363. The summed E-state index contributed by atoms with van der Waals surface area (Å²) in [6.07, 6.45) is 1.88. The maximum absolute atomic E-state index is 5.39. The van der Waals surface area contributed by atoms with Crippen molar-refractivity contribution in [3.05, 3.63) is 41.5 Å². The summed E-state index contributed by atoms with van der Waals surface area (Å²) in [7, 11) is 7.50. The van der Waals surface area contributed by atoms with Gasteiger partial charge in [0.15, 0.2) is 11.8 Å². The quantitative estimate of drug-likeness (QED) is 0.278. The zero-order chi connectivity index (χ0) is 22.2. The lowest BCUT2D eigenvalue weighted by molar-refractivity contribution is 0.177. The Bertz CT molecular complexity index is 872. The van der Waals surface area contributed by atoms with Gasteiger partial charge in [-0.25, -0.2) is 9.67 Å². The molecule has 0 radical (unpaired) electrons.